The Morgan fingerprint density at radius 2 is 2.35 bits per heavy atom. The van der Waals surface area contributed by atoms with Crippen LogP contribution in [0.2, 0.25) is 0 Å². The summed E-state index contributed by atoms with van der Waals surface area (Å²) in [4.78, 5) is 16.9. The lowest BCUT2D eigenvalue weighted by Crippen LogP contribution is -2.38. The second-order valence-electron chi connectivity index (χ2n) is 4.18. The molecule has 1 saturated heterocycles. The van der Waals surface area contributed by atoms with Crippen LogP contribution in [0, 0.1) is 0 Å². The fourth-order valence-corrected chi connectivity index (χ4v) is 1.98. The number of aliphatic hydroxyl groups is 1. The number of nitrogens with zero attached hydrogens (tertiary/aromatic N) is 2. The van der Waals surface area contributed by atoms with Crippen LogP contribution in [0.25, 0.3) is 0 Å². The Balaban J connectivity index is 2.26. The first-order valence-electron chi connectivity index (χ1n) is 5.49. The second-order valence-corrected chi connectivity index (χ2v) is 4.18. The van der Waals surface area contributed by atoms with Gasteiger partial charge in [0.2, 0.25) is 0 Å². The molecule has 1 unspecified atom stereocenters. The standard InChI is InChI=1S/C11H15N3O3/c12-9-5-13-10(4-8(9)11(16)17)14-3-1-2-7(15)6-14/h4-5,7,15H,1-3,6,12H2,(H,16,17). The Kier molecular flexibility index (Phi) is 3.14. The summed E-state index contributed by atoms with van der Waals surface area (Å²) in [5, 5.41) is 18.5. The van der Waals surface area contributed by atoms with Crippen molar-refractivity contribution in [1.82, 2.24) is 4.98 Å². The fourth-order valence-electron chi connectivity index (χ4n) is 1.98. The zero-order valence-corrected chi connectivity index (χ0v) is 9.33. The summed E-state index contributed by atoms with van der Waals surface area (Å²) in [6.07, 6.45) is 2.61. The highest BCUT2D eigenvalue weighted by molar-refractivity contribution is 5.94. The molecule has 92 valence electrons. The molecule has 1 aliphatic heterocycles. The predicted molar refractivity (Wildman–Crippen MR) is 63.1 cm³/mol. The third kappa shape index (κ3) is 2.47. The molecular weight excluding hydrogens is 222 g/mol. The number of nitrogen functional groups attached to an aromatic ring is 1. The maximum absolute atomic E-state index is 10.9. The zero-order valence-electron chi connectivity index (χ0n) is 9.33. The Hall–Kier alpha value is -1.82. The minimum Gasteiger partial charge on any atom is -0.478 e. The van der Waals surface area contributed by atoms with Gasteiger partial charge in [0.25, 0.3) is 0 Å². The minimum absolute atomic E-state index is 0.0510. The molecule has 1 aliphatic rings. The highest BCUT2D eigenvalue weighted by Gasteiger charge is 2.20. The van der Waals surface area contributed by atoms with E-state index in [1.807, 2.05) is 4.90 Å². The van der Waals surface area contributed by atoms with Crippen LogP contribution in [0.5, 0.6) is 0 Å². The normalized spacial score (nSPS) is 20.3. The van der Waals surface area contributed by atoms with E-state index >= 15 is 0 Å². The van der Waals surface area contributed by atoms with Gasteiger partial charge >= 0.3 is 5.97 Å². The van der Waals surface area contributed by atoms with Crippen LogP contribution in [0.3, 0.4) is 0 Å². The molecule has 0 aliphatic carbocycles. The number of aromatic carboxylic acids is 1. The monoisotopic (exact) mass is 237 g/mol. The van der Waals surface area contributed by atoms with Gasteiger partial charge < -0.3 is 20.8 Å². The van der Waals surface area contributed by atoms with Crippen molar-refractivity contribution in [1.29, 1.82) is 0 Å². The van der Waals surface area contributed by atoms with Crippen molar-refractivity contribution in [2.75, 3.05) is 23.7 Å². The van der Waals surface area contributed by atoms with Gasteiger partial charge in [0, 0.05) is 13.1 Å². The molecule has 0 aromatic carbocycles. The van der Waals surface area contributed by atoms with Crippen LogP contribution in [0.1, 0.15) is 23.2 Å². The first-order valence-corrected chi connectivity index (χ1v) is 5.49. The Morgan fingerprint density at radius 1 is 1.59 bits per heavy atom. The number of aromatic nitrogens is 1. The van der Waals surface area contributed by atoms with E-state index in [1.54, 1.807) is 0 Å². The average molecular weight is 237 g/mol. The van der Waals surface area contributed by atoms with E-state index in [4.69, 9.17) is 10.8 Å². The molecule has 0 radical (unpaired) electrons. The highest BCUT2D eigenvalue weighted by atomic mass is 16.4. The van der Waals surface area contributed by atoms with Crippen molar-refractivity contribution < 1.29 is 15.0 Å². The lowest BCUT2D eigenvalue weighted by molar-refractivity contribution is 0.0698. The van der Waals surface area contributed by atoms with Crippen molar-refractivity contribution in [2.45, 2.75) is 18.9 Å². The van der Waals surface area contributed by atoms with E-state index < -0.39 is 5.97 Å². The van der Waals surface area contributed by atoms with Crippen LogP contribution in [-0.2, 0) is 0 Å². The van der Waals surface area contributed by atoms with Crippen LogP contribution in [0.15, 0.2) is 12.3 Å². The number of β-amino-alcohol motifs (C(OH)–C–C–N with tert-alkyl or cyclic N) is 1. The molecule has 0 spiro atoms. The summed E-state index contributed by atoms with van der Waals surface area (Å²) in [6.45, 7) is 1.25. The number of carboxylic acids is 1. The quantitative estimate of drug-likeness (QED) is 0.685. The highest BCUT2D eigenvalue weighted by Crippen LogP contribution is 2.21. The number of nitrogens with two attached hydrogens (primary N) is 1. The van der Waals surface area contributed by atoms with Gasteiger partial charge in [-0.1, -0.05) is 0 Å². The van der Waals surface area contributed by atoms with E-state index in [2.05, 4.69) is 4.98 Å². The summed E-state index contributed by atoms with van der Waals surface area (Å²) in [7, 11) is 0. The zero-order chi connectivity index (χ0) is 12.4. The van der Waals surface area contributed by atoms with Crippen LogP contribution >= 0.6 is 0 Å². The largest absolute Gasteiger partial charge is 0.478 e. The van der Waals surface area contributed by atoms with Crippen molar-refractivity contribution in [3.8, 4) is 0 Å². The van der Waals surface area contributed by atoms with E-state index in [9.17, 15) is 9.90 Å². The van der Waals surface area contributed by atoms with Crippen LogP contribution < -0.4 is 10.6 Å². The Bertz CT molecular complexity index is 436. The van der Waals surface area contributed by atoms with Gasteiger partial charge in [0.15, 0.2) is 0 Å². The third-order valence-electron chi connectivity index (χ3n) is 2.87. The number of hydrogen-bond donors (Lipinski definition) is 3. The van der Waals surface area contributed by atoms with Crippen molar-refractivity contribution in [2.24, 2.45) is 0 Å². The molecule has 4 N–H and O–H groups in total. The summed E-state index contributed by atoms with van der Waals surface area (Å²) in [5.74, 6) is -0.515. The molecular formula is C11H15N3O3. The summed E-state index contributed by atoms with van der Waals surface area (Å²) in [5.41, 5.74) is 5.74. The number of piperidine rings is 1. The molecule has 0 amide bonds. The SMILES string of the molecule is Nc1cnc(N2CCCC(O)C2)cc1C(=O)O. The molecule has 6 heteroatoms. The Morgan fingerprint density at radius 3 is 3.00 bits per heavy atom. The Labute approximate surface area is 98.7 Å². The second kappa shape index (κ2) is 4.58. The molecule has 1 fully saturated rings. The fraction of sp³-hybridized carbons (Fsp3) is 0.455. The predicted octanol–water partition coefficient (Wildman–Crippen LogP) is 0.323. The van der Waals surface area contributed by atoms with E-state index in [0.717, 1.165) is 19.4 Å². The smallest absolute Gasteiger partial charge is 0.337 e. The molecule has 6 nitrogen and oxygen atoms in total. The molecule has 1 aromatic heterocycles. The topological polar surface area (TPSA) is 99.7 Å². The summed E-state index contributed by atoms with van der Waals surface area (Å²) in [6, 6.07) is 1.45. The van der Waals surface area contributed by atoms with E-state index in [-0.39, 0.29) is 17.4 Å². The number of carbonyl (C=O) groups is 1. The maximum atomic E-state index is 10.9. The van der Waals surface area contributed by atoms with Crippen LogP contribution in [-0.4, -0.2) is 40.4 Å². The number of anilines is 2. The van der Waals surface area contributed by atoms with Gasteiger partial charge in [-0.15, -0.1) is 0 Å². The third-order valence-corrected chi connectivity index (χ3v) is 2.87. The van der Waals surface area contributed by atoms with E-state index in [0.29, 0.717) is 12.4 Å². The molecule has 17 heavy (non-hydrogen) atoms. The van der Waals surface area contributed by atoms with Crippen LogP contribution in [0.4, 0.5) is 11.5 Å². The number of hydrogen-bond acceptors (Lipinski definition) is 5. The molecule has 2 heterocycles. The van der Waals surface area contributed by atoms with Crippen molar-refractivity contribution in [3.63, 3.8) is 0 Å². The van der Waals surface area contributed by atoms with Gasteiger partial charge in [-0.25, -0.2) is 9.78 Å². The minimum atomic E-state index is -1.07. The molecule has 0 bridgehead atoms. The molecule has 1 atom stereocenters. The lowest BCUT2D eigenvalue weighted by atomic mass is 10.1. The maximum Gasteiger partial charge on any atom is 0.337 e. The summed E-state index contributed by atoms with van der Waals surface area (Å²) < 4.78 is 0. The first kappa shape index (κ1) is 11.7. The molecule has 2 rings (SSSR count). The van der Waals surface area contributed by atoms with E-state index in [1.165, 1.54) is 12.3 Å². The first-order chi connectivity index (χ1) is 8.08. The number of aliphatic hydroxyl groups excluding tert-OH is 1. The lowest BCUT2D eigenvalue weighted by Gasteiger charge is -2.31. The summed E-state index contributed by atoms with van der Waals surface area (Å²) >= 11 is 0. The number of carboxylic acid groups (broad SMARTS) is 1. The van der Waals surface area contributed by atoms with Gasteiger partial charge in [0.05, 0.1) is 23.6 Å². The van der Waals surface area contributed by atoms with Crippen molar-refractivity contribution >= 4 is 17.5 Å². The molecule has 0 saturated carbocycles. The van der Waals surface area contributed by atoms with Gasteiger partial charge in [-0.2, -0.15) is 0 Å². The van der Waals surface area contributed by atoms with Gasteiger partial charge in [-0.3, -0.25) is 0 Å². The molecule has 1 aromatic rings. The van der Waals surface area contributed by atoms with Gasteiger partial charge in [0.1, 0.15) is 5.82 Å². The average Bonchev–Trinajstić information content (AvgIpc) is 2.29. The van der Waals surface area contributed by atoms with Crippen molar-refractivity contribution in [3.05, 3.63) is 17.8 Å². The number of rotatable bonds is 2. The number of pyridine rings is 1. The van der Waals surface area contributed by atoms with Gasteiger partial charge in [-0.05, 0) is 18.9 Å².